The molecule has 0 saturated heterocycles. The van der Waals surface area contributed by atoms with Crippen LogP contribution in [-0.2, 0) is 36.2 Å². The molecule has 1 aromatic heterocycles. The highest BCUT2D eigenvalue weighted by Crippen LogP contribution is 2.18. The van der Waals surface area contributed by atoms with Crippen molar-refractivity contribution in [2.24, 2.45) is 0 Å². The monoisotopic (exact) mass is 450 g/mol. The molecule has 1 atom stereocenters. The number of furan rings is 1. The summed E-state index contributed by atoms with van der Waals surface area (Å²) < 4.78 is 61.7. The van der Waals surface area contributed by atoms with Gasteiger partial charge >= 0.3 is 5.97 Å². The van der Waals surface area contributed by atoms with Gasteiger partial charge < -0.3 is 9.15 Å². The van der Waals surface area contributed by atoms with Crippen molar-refractivity contribution in [2.45, 2.75) is 29.6 Å². The molecule has 154 valence electrons. The SMILES string of the molecule is C[C@H](NS(=O)(=O)c1ccc(Cl)cc1)C(=O)OCc1ccc(S(=O)(=O)N(C)C)o1. The number of nitrogens with zero attached hydrogens (tertiary/aromatic N) is 1. The smallest absolute Gasteiger partial charge is 0.324 e. The van der Waals surface area contributed by atoms with E-state index in [0.717, 1.165) is 4.31 Å². The third-order valence-electron chi connectivity index (χ3n) is 3.54. The molecule has 1 heterocycles. The lowest BCUT2D eigenvalue weighted by Gasteiger charge is -2.13. The summed E-state index contributed by atoms with van der Waals surface area (Å²) in [6.45, 7) is 0.967. The summed E-state index contributed by atoms with van der Waals surface area (Å²) in [5.74, 6) is -0.757. The van der Waals surface area contributed by atoms with Crippen LogP contribution in [0, 0.1) is 0 Å². The molecule has 1 N–H and O–H groups in total. The molecule has 0 bridgehead atoms. The summed E-state index contributed by atoms with van der Waals surface area (Å²) in [5, 5.41) is 0.0838. The number of benzene rings is 1. The van der Waals surface area contributed by atoms with E-state index >= 15 is 0 Å². The van der Waals surface area contributed by atoms with Gasteiger partial charge in [-0.3, -0.25) is 4.79 Å². The van der Waals surface area contributed by atoms with Gasteiger partial charge in [-0.25, -0.2) is 21.1 Å². The number of hydrogen-bond acceptors (Lipinski definition) is 7. The van der Waals surface area contributed by atoms with Crippen LogP contribution < -0.4 is 4.72 Å². The number of hydrogen-bond donors (Lipinski definition) is 1. The van der Waals surface area contributed by atoms with Crippen LogP contribution >= 0.6 is 11.6 Å². The summed E-state index contributed by atoms with van der Waals surface area (Å²) in [6, 6.07) is 6.85. The van der Waals surface area contributed by atoms with Crippen LogP contribution in [0.2, 0.25) is 5.02 Å². The van der Waals surface area contributed by atoms with Crippen molar-refractivity contribution in [1.29, 1.82) is 0 Å². The molecule has 0 aliphatic carbocycles. The topological polar surface area (TPSA) is 123 Å². The standard InChI is InChI=1S/C16H19ClN2O7S2/c1-11(18-27(21,22)14-7-4-12(17)5-8-14)16(20)25-10-13-6-9-15(26-13)28(23,24)19(2)3/h4-9,11,18H,10H2,1-3H3/t11-/m0/s1. The van der Waals surface area contributed by atoms with Gasteiger partial charge in [0.2, 0.25) is 15.1 Å². The molecule has 0 aliphatic heterocycles. The van der Waals surface area contributed by atoms with E-state index in [2.05, 4.69) is 4.72 Å². The molecule has 0 radical (unpaired) electrons. The molecule has 28 heavy (non-hydrogen) atoms. The predicted octanol–water partition coefficient (Wildman–Crippen LogP) is 1.59. The molecule has 0 amide bonds. The number of sulfonamides is 2. The van der Waals surface area contributed by atoms with E-state index in [-0.39, 0.29) is 22.4 Å². The van der Waals surface area contributed by atoms with Gasteiger partial charge in [0.25, 0.3) is 10.0 Å². The Bertz CT molecular complexity index is 1040. The lowest BCUT2D eigenvalue weighted by atomic mass is 10.4. The zero-order chi connectivity index (χ0) is 21.1. The third kappa shape index (κ3) is 5.32. The van der Waals surface area contributed by atoms with Crippen LogP contribution in [0.1, 0.15) is 12.7 Å². The van der Waals surface area contributed by atoms with Gasteiger partial charge in [0.05, 0.1) is 4.90 Å². The number of carbonyl (C=O) groups excluding carboxylic acids is 1. The Balaban J connectivity index is 1.98. The van der Waals surface area contributed by atoms with Crippen molar-refractivity contribution in [3.63, 3.8) is 0 Å². The van der Waals surface area contributed by atoms with E-state index in [1.807, 2.05) is 0 Å². The molecule has 2 aromatic rings. The molecule has 2 rings (SSSR count). The quantitative estimate of drug-likeness (QED) is 0.605. The Hall–Kier alpha value is -1.92. The van der Waals surface area contributed by atoms with Crippen LogP contribution in [0.15, 0.2) is 50.8 Å². The molecule has 0 fully saturated rings. The van der Waals surface area contributed by atoms with Crippen molar-refractivity contribution in [3.05, 3.63) is 47.2 Å². The number of carbonyl (C=O) groups is 1. The molecular formula is C16H19ClN2O7S2. The van der Waals surface area contributed by atoms with Gasteiger partial charge in [-0.1, -0.05) is 11.6 Å². The maximum atomic E-state index is 12.3. The lowest BCUT2D eigenvalue weighted by Crippen LogP contribution is -2.39. The first kappa shape index (κ1) is 22.4. The largest absolute Gasteiger partial charge is 0.456 e. The van der Waals surface area contributed by atoms with E-state index in [1.54, 1.807) is 0 Å². The summed E-state index contributed by atoms with van der Waals surface area (Å²) in [6.07, 6.45) is 0. The van der Waals surface area contributed by atoms with E-state index in [4.69, 9.17) is 20.8 Å². The van der Waals surface area contributed by atoms with E-state index in [9.17, 15) is 21.6 Å². The first-order valence-corrected chi connectivity index (χ1v) is 11.2. The van der Waals surface area contributed by atoms with E-state index in [1.165, 1.54) is 57.4 Å². The zero-order valence-corrected chi connectivity index (χ0v) is 17.6. The van der Waals surface area contributed by atoms with Gasteiger partial charge in [-0.15, -0.1) is 0 Å². The highest BCUT2D eigenvalue weighted by atomic mass is 35.5. The second-order valence-corrected chi connectivity index (χ2v) is 10.1. The van der Waals surface area contributed by atoms with E-state index in [0.29, 0.717) is 5.02 Å². The average Bonchev–Trinajstić information content (AvgIpc) is 3.09. The lowest BCUT2D eigenvalue weighted by molar-refractivity contribution is -0.147. The maximum absolute atomic E-state index is 12.3. The first-order chi connectivity index (χ1) is 12.9. The summed E-state index contributed by atoms with van der Waals surface area (Å²) in [4.78, 5) is 12.0. The van der Waals surface area contributed by atoms with Crippen LogP contribution in [0.4, 0.5) is 0 Å². The average molecular weight is 451 g/mol. The molecular weight excluding hydrogens is 432 g/mol. The maximum Gasteiger partial charge on any atom is 0.324 e. The predicted molar refractivity (Wildman–Crippen MR) is 101 cm³/mol. The van der Waals surface area contributed by atoms with Crippen LogP contribution in [0.5, 0.6) is 0 Å². The first-order valence-electron chi connectivity index (χ1n) is 7.89. The van der Waals surface area contributed by atoms with Crippen molar-refractivity contribution >= 4 is 37.6 Å². The van der Waals surface area contributed by atoms with Crippen LogP contribution in [-0.4, -0.2) is 47.2 Å². The minimum Gasteiger partial charge on any atom is -0.456 e. The molecule has 0 unspecified atom stereocenters. The number of esters is 1. The Morgan fingerprint density at radius 3 is 2.32 bits per heavy atom. The fourth-order valence-electron chi connectivity index (χ4n) is 1.98. The van der Waals surface area contributed by atoms with Gasteiger partial charge in [0, 0.05) is 19.1 Å². The van der Waals surface area contributed by atoms with Gasteiger partial charge in [0.15, 0.2) is 0 Å². The molecule has 0 saturated carbocycles. The number of ether oxygens (including phenoxy) is 1. The van der Waals surface area contributed by atoms with Crippen molar-refractivity contribution in [2.75, 3.05) is 14.1 Å². The Kier molecular flexibility index (Phi) is 6.88. The zero-order valence-electron chi connectivity index (χ0n) is 15.2. The van der Waals surface area contributed by atoms with Crippen molar-refractivity contribution < 1.29 is 30.8 Å². The van der Waals surface area contributed by atoms with Crippen LogP contribution in [0.25, 0.3) is 0 Å². The highest BCUT2D eigenvalue weighted by Gasteiger charge is 2.25. The Morgan fingerprint density at radius 2 is 1.75 bits per heavy atom. The normalized spacial score (nSPS) is 13.5. The van der Waals surface area contributed by atoms with Crippen molar-refractivity contribution in [1.82, 2.24) is 9.03 Å². The van der Waals surface area contributed by atoms with E-state index < -0.39 is 32.1 Å². The minimum absolute atomic E-state index is 0.0545. The fourth-order valence-corrected chi connectivity index (χ4v) is 4.11. The van der Waals surface area contributed by atoms with Gasteiger partial charge in [-0.05, 0) is 43.3 Å². The Labute approximate surface area is 168 Å². The molecule has 0 aliphatic rings. The number of nitrogens with one attached hydrogen (secondary N) is 1. The molecule has 1 aromatic carbocycles. The molecule has 12 heteroatoms. The number of halogens is 1. The number of rotatable bonds is 8. The van der Waals surface area contributed by atoms with Gasteiger partial charge in [-0.2, -0.15) is 4.72 Å². The van der Waals surface area contributed by atoms with Crippen LogP contribution in [0.3, 0.4) is 0 Å². The summed E-state index contributed by atoms with van der Waals surface area (Å²) >= 11 is 5.73. The second kappa shape index (κ2) is 8.62. The summed E-state index contributed by atoms with van der Waals surface area (Å²) in [5.41, 5.74) is 0. The van der Waals surface area contributed by atoms with Gasteiger partial charge in [0.1, 0.15) is 18.4 Å². The Morgan fingerprint density at radius 1 is 1.14 bits per heavy atom. The minimum atomic E-state index is -3.95. The summed E-state index contributed by atoms with van der Waals surface area (Å²) in [7, 11) is -4.98. The third-order valence-corrected chi connectivity index (χ3v) is 7.04. The van der Waals surface area contributed by atoms with Crippen molar-refractivity contribution in [3.8, 4) is 0 Å². The fraction of sp³-hybridized carbons (Fsp3) is 0.312. The second-order valence-electron chi connectivity index (χ2n) is 5.91. The molecule has 0 spiro atoms. The molecule has 9 nitrogen and oxygen atoms in total. The highest BCUT2D eigenvalue weighted by molar-refractivity contribution is 7.89.